The van der Waals surface area contributed by atoms with Crippen molar-refractivity contribution in [3.63, 3.8) is 0 Å². The number of thiophene rings is 1. The second kappa shape index (κ2) is 8.33. The first-order valence-corrected chi connectivity index (χ1v) is 10.4. The minimum Gasteiger partial charge on any atom is -0.338 e. The van der Waals surface area contributed by atoms with Crippen LogP contribution in [0.25, 0.3) is 10.7 Å². The van der Waals surface area contributed by atoms with Crippen molar-refractivity contribution in [3.8, 4) is 16.8 Å². The van der Waals surface area contributed by atoms with E-state index in [4.69, 9.17) is 12.2 Å². The first-order valence-electron chi connectivity index (χ1n) is 9.07. The number of hydrogen-bond donors (Lipinski definition) is 1. The van der Waals surface area contributed by atoms with Crippen LogP contribution in [0, 0.1) is 22.0 Å². The summed E-state index contributed by atoms with van der Waals surface area (Å²) >= 11 is 6.94. The molecule has 2 aromatic rings. The number of piperazine rings is 1. The summed E-state index contributed by atoms with van der Waals surface area (Å²) in [4.78, 5) is 18.1. The molecule has 3 heterocycles. The van der Waals surface area contributed by atoms with Crippen molar-refractivity contribution in [3.05, 3.63) is 22.3 Å². The van der Waals surface area contributed by atoms with Crippen LogP contribution < -0.4 is 0 Å². The van der Waals surface area contributed by atoms with Crippen molar-refractivity contribution < 1.29 is 4.79 Å². The molecule has 0 aromatic carbocycles. The van der Waals surface area contributed by atoms with Gasteiger partial charge in [0.15, 0.2) is 10.6 Å². The Labute approximate surface area is 168 Å². The van der Waals surface area contributed by atoms with Crippen molar-refractivity contribution >= 4 is 29.5 Å². The van der Waals surface area contributed by atoms with Gasteiger partial charge in [0.1, 0.15) is 12.1 Å². The molecule has 9 heteroatoms. The molecular weight excluding hydrogens is 380 g/mol. The Morgan fingerprint density at radius 2 is 2.04 bits per heavy atom. The third-order valence-electron chi connectivity index (χ3n) is 4.97. The van der Waals surface area contributed by atoms with Crippen molar-refractivity contribution in [1.82, 2.24) is 24.6 Å². The fourth-order valence-electron chi connectivity index (χ4n) is 3.49. The third kappa shape index (κ3) is 3.98. The van der Waals surface area contributed by atoms with E-state index in [0.29, 0.717) is 36.8 Å². The molecule has 1 N–H and O–H groups in total. The number of H-pyrrole nitrogens is 1. The lowest BCUT2D eigenvalue weighted by atomic mass is 10.0. The Balaban J connectivity index is 1.72. The molecule has 0 aliphatic carbocycles. The summed E-state index contributed by atoms with van der Waals surface area (Å²) in [5.41, 5.74) is 0. The Bertz CT molecular complexity index is 871. The molecule has 2 aromatic heterocycles. The number of amides is 1. The van der Waals surface area contributed by atoms with Gasteiger partial charge < -0.3 is 4.90 Å². The molecule has 2 unspecified atom stereocenters. The van der Waals surface area contributed by atoms with Crippen molar-refractivity contribution in [2.75, 3.05) is 26.2 Å². The monoisotopic (exact) mass is 404 g/mol. The van der Waals surface area contributed by atoms with Crippen LogP contribution >= 0.6 is 23.6 Å². The zero-order valence-corrected chi connectivity index (χ0v) is 17.4. The summed E-state index contributed by atoms with van der Waals surface area (Å²) in [5, 5.41) is 18.5. The lowest BCUT2D eigenvalue weighted by Crippen LogP contribution is -2.53. The lowest BCUT2D eigenvalue weighted by Gasteiger charge is -2.39. The highest BCUT2D eigenvalue weighted by molar-refractivity contribution is 7.71. The van der Waals surface area contributed by atoms with Gasteiger partial charge in [0.2, 0.25) is 5.91 Å². The van der Waals surface area contributed by atoms with E-state index >= 15 is 0 Å². The summed E-state index contributed by atoms with van der Waals surface area (Å²) < 4.78 is 2.24. The molecule has 1 saturated heterocycles. The van der Waals surface area contributed by atoms with Crippen LogP contribution in [0.4, 0.5) is 0 Å². The minimum atomic E-state index is -0.434. The Morgan fingerprint density at radius 3 is 2.59 bits per heavy atom. The van der Waals surface area contributed by atoms with Crippen molar-refractivity contribution in [1.29, 1.82) is 5.26 Å². The second-order valence-corrected chi connectivity index (χ2v) is 8.39. The number of hydrogen-bond acceptors (Lipinski definition) is 6. The molecule has 0 bridgehead atoms. The molecule has 0 radical (unpaired) electrons. The molecule has 1 aliphatic heterocycles. The highest BCUT2D eigenvalue weighted by Crippen LogP contribution is 2.26. The second-order valence-electron chi connectivity index (χ2n) is 7.05. The predicted octanol–water partition coefficient (Wildman–Crippen LogP) is 2.92. The van der Waals surface area contributed by atoms with Gasteiger partial charge in [-0.15, -0.1) is 11.3 Å². The van der Waals surface area contributed by atoms with Crippen molar-refractivity contribution in [2.45, 2.75) is 32.9 Å². The average molecular weight is 405 g/mol. The van der Waals surface area contributed by atoms with Crippen LogP contribution in [0.3, 0.4) is 0 Å². The van der Waals surface area contributed by atoms with E-state index in [-0.39, 0.29) is 17.9 Å². The van der Waals surface area contributed by atoms with Crippen LogP contribution in [0.2, 0.25) is 0 Å². The summed E-state index contributed by atoms with van der Waals surface area (Å²) in [6.07, 6.45) is 0. The topological polar surface area (TPSA) is 80.9 Å². The van der Waals surface area contributed by atoms with Gasteiger partial charge in [-0.25, -0.2) is 0 Å². The quantitative estimate of drug-likeness (QED) is 0.775. The molecule has 0 spiro atoms. The Morgan fingerprint density at radius 1 is 1.33 bits per heavy atom. The van der Waals surface area contributed by atoms with E-state index in [1.54, 1.807) is 15.9 Å². The van der Waals surface area contributed by atoms with E-state index in [9.17, 15) is 10.1 Å². The van der Waals surface area contributed by atoms with E-state index in [0.717, 1.165) is 4.88 Å². The van der Waals surface area contributed by atoms with Crippen LogP contribution in [0.15, 0.2) is 17.5 Å². The average Bonchev–Trinajstić information content (AvgIpc) is 3.31. The SMILES string of the molecule is CC(C)C(C#N)N1CCN(C(=O)C(C)n2c(-c3cccs3)n[nH]c2=S)CC1. The molecule has 2 atom stereocenters. The highest BCUT2D eigenvalue weighted by atomic mass is 32.1. The highest BCUT2D eigenvalue weighted by Gasteiger charge is 2.31. The third-order valence-corrected chi connectivity index (χ3v) is 6.13. The molecule has 27 heavy (non-hydrogen) atoms. The standard InChI is InChI=1S/C18H24N6OS2/c1-12(2)14(11-19)22-6-8-23(9-7-22)17(25)13(3)24-16(20-21-18(24)26)15-5-4-10-27-15/h4-5,10,12-14H,6-9H2,1-3H3,(H,21,26). The number of aromatic nitrogens is 3. The Hall–Kier alpha value is -2.02. The fourth-order valence-corrected chi connectivity index (χ4v) is 4.49. The maximum Gasteiger partial charge on any atom is 0.245 e. The number of nitriles is 1. The molecule has 1 fully saturated rings. The van der Waals surface area contributed by atoms with E-state index in [2.05, 4.69) is 35.0 Å². The first-order chi connectivity index (χ1) is 12.9. The van der Waals surface area contributed by atoms with Crippen LogP contribution in [-0.4, -0.2) is 62.7 Å². The van der Waals surface area contributed by atoms with E-state index in [1.165, 1.54) is 0 Å². The summed E-state index contributed by atoms with van der Waals surface area (Å²) in [6, 6.07) is 5.77. The maximum absolute atomic E-state index is 13.1. The molecular formula is C18H24N6OS2. The number of carbonyl (C=O) groups is 1. The van der Waals surface area contributed by atoms with Gasteiger partial charge in [-0.2, -0.15) is 10.4 Å². The van der Waals surface area contributed by atoms with Crippen LogP contribution in [0.1, 0.15) is 26.8 Å². The normalized spacial score (nSPS) is 17.7. The van der Waals surface area contributed by atoms with E-state index in [1.807, 2.05) is 29.3 Å². The Kier molecular flexibility index (Phi) is 6.09. The summed E-state index contributed by atoms with van der Waals surface area (Å²) in [5.74, 6) is 0.996. The molecule has 144 valence electrons. The maximum atomic E-state index is 13.1. The molecule has 1 amide bonds. The molecule has 0 saturated carbocycles. The smallest absolute Gasteiger partial charge is 0.245 e. The summed E-state index contributed by atoms with van der Waals surface area (Å²) in [7, 11) is 0. The number of rotatable bonds is 5. The number of nitrogens with zero attached hydrogens (tertiary/aromatic N) is 5. The molecule has 1 aliphatic rings. The van der Waals surface area contributed by atoms with Gasteiger partial charge in [-0.3, -0.25) is 19.4 Å². The van der Waals surface area contributed by atoms with Gasteiger partial charge in [0.25, 0.3) is 0 Å². The number of aromatic amines is 1. The van der Waals surface area contributed by atoms with Gasteiger partial charge in [-0.1, -0.05) is 19.9 Å². The van der Waals surface area contributed by atoms with Gasteiger partial charge >= 0.3 is 0 Å². The van der Waals surface area contributed by atoms with Crippen LogP contribution in [0.5, 0.6) is 0 Å². The lowest BCUT2D eigenvalue weighted by molar-refractivity contribution is -0.136. The largest absolute Gasteiger partial charge is 0.338 e. The van der Waals surface area contributed by atoms with Gasteiger partial charge in [0, 0.05) is 26.2 Å². The molecule has 3 rings (SSSR count). The predicted molar refractivity (Wildman–Crippen MR) is 108 cm³/mol. The first kappa shape index (κ1) is 19.7. The zero-order chi connectivity index (χ0) is 19.6. The fraction of sp³-hybridized carbons (Fsp3) is 0.556. The number of nitrogens with one attached hydrogen (secondary N) is 1. The number of carbonyl (C=O) groups excluding carboxylic acids is 1. The van der Waals surface area contributed by atoms with E-state index < -0.39 is 6.04 Å². The van der Waals surface area contributed by atoms with Gasteiger partial charge in [0.05, 0.1) is 10.9 Å². The molecule has 7 nitrogen and oxygen atoms in total. The van der Waals surface area contributed by atoms with Gasteiger partial charge in [-0.05, 0) is 36.5 Å². The van der Waals surface area contributed by atoms with Crippen LogP contribution in [-0.2, 0) is 4.79 Å². The minimum absolute atomic E-state index is 0.0306. The summed E-state index contributed by atoms with van der Waals surface area (Å²) in [6.45, 7) is 8.64. The zero-order valence-electron chi connectivity index (χ0n) is 15.8. The van der Waals surface area contributed by atoms with Crippen molar-refractivity contribution in [2.24, 2.45) is 5.92 Å².